The summed E-state index contributed by atoms with van der Waals surface area (Å²) in [4.78, 5) is 0. The van der Waals surface area contributed by atoms with Crippen LogP contribution >= 0.6 is 0 Å². The Morgan fingerprint density at radius 3 is 1.94 bits per heavy atom. The van der Waals surface area contributed by atoms with Crippen molar-refractivity contribution < 1.29 is 4.42 Å². The second kappa shape index (κ2) is 10.2. The van der Waals surface area contributed by atoms with Crippen LogP contribution in [-0.4, -0.2) is 4.57 Å². The highest BCUT2D eigenvalue weighted by molar-refractivity contribution is 6.29. The molecule has 12 rings (SSSR count). The number of fused-ring (bicyclic) bond motifs is 8. The third-order valence-electron chi connectivity index (χ3n) is 12.2. The molecule has 2 nitrogen and oxygen atoms in total. The molecule has 0 fully saturated rings. The van der Waals surface area contributed by atoms with Gasteiger partial charge in [0.1, 0.15) is 11.1 Å². The van der Waals surface area contributed by atoms with Crippen LogP contribution in [0.2, 0.25) is 0 Å². The van der Waals surface area contributed by atoms with Crippen molar-refractivity contribution in [2.24, 2.45) is 0 Å². The molecule has 11 aromatic rings. The summed E-state index contributed by atoms with van der Waals surface area (Å²) in [5.41, 5.74) is 15.5. The lowest BCUT2D eigenvalue weighted by atomic mass is 9.82. The van der Waals surface area contributed by atoms with Crippen LogP contribution in [0.15, 0.2) is 168 Å². The zero-order valence-corrected chi connectivity index (χ0v) is 29.4. The Labute approximate surface area is 306 Å². The molecule has 0 aliphatic heterocycles. The van der Waals surface area contributed by atoms with Gasteiger partial charge in [0.05, 0.1) is 10.9 Å². The van der Waals surface area contributed by atoms with Gasteiger partial charge in [-0.05, 0) is 107 Å². The maximum atomic E-state index is 6.88. The smallest absolute Gasteiger partial charge is 0.162 e. The van der Waals surface area contributed by atoms with E-state index in [4.69, 9.17) is 4.42 Å². The molecule has 0 spiro atoms. The Bertz CT molecular complexity index is 3300. The molecule has 0 saturated carbocycles. The van der Waals surface area contributed by atoms with Crippen molar-refractivity contribution in [1.29, 1.82) is 0 Å². The third kappa shape index (κ3) is 3.77. The van der Waals surface area contributed by atoms with E-state index >= 15 is 0 Å². The normalized spacial score (nSPS) is 13.6. The van der Waals surface area contributed by atoms with Crippen LogP contribution in [0.1, 0.15) is 25.0 Å². The van der Waals surface area contributed by atoms with Gasteiger partial charge in [-0.3, -0.25) is 0 Å². The Balaban J connectivity index is 1.16. The summed E-state index contributed by atoms with van der Waals surface area (Å²) in [6, 6.07) is 60.3. The number of furan rings is 1. The zero-order chi connectivity index (χ0) is 35.0. The second-order valence-electron chi connectivity index (χ2n) is 15.2. The highest BCUT2D eigenvalue weighted by Gasteiger charge is 2.35. The molecule has 0 unspecified atom stereocenters. The lowest BCUT2D eigenvalue weighted by Crippen LogP contribution is -2.14. The molecule has 0 bridgehead atoms. The molecule has 1 aliphatic rings. The molecule has 2 heteroatoms. The molecular formula is C51H33NO. The maximum absolute atomic E-state index is 6.88. The summed E-state index contributed by atoms with van der Waals surface area (Å²) in [5.74, 6) is 0. The molecule has 0 saturated heterocycles. The monoisotopic (exact) mass is 675 g/mol. The fourth-order valence-corrected chi connectivity index (χ4v) is 9.75. The number of hydrogen-bond donors (Lipinski definition) is 0. The number of nitrogens with zero attached hydrogens (tertiary/aromatic N) is 1. The predicted octanol–water partition coefficient (Wildman–Crippen LogP) is 14.1. The minimum atomic E-state index is -0.0507. The van der Waals surface area contributed by atoms with E-state index in [9.17, 15) is 0 Å². The van der Waals surface area contributed by atoms with Crippen LogP contribution in [-0.2, 0) is 5.41 Å². The van der Waals surface area contributed by atoms with Gasteiger partial charge in [-0.1, -0.05) is 147 Å². The number of benzene rings is 9. The van der Waals surface area contributed by atoms with E-state index in [2.05, 4.69) is 182 Å². The van der Waals surface area contributed by atoms with Crippen molar-refractivity contribution in [3.63, 3.8) is 0 Å². The fraction of sp³-hybridized carbons (Fsp3) is 0.0588. The highest BCUT2D eigenvalue weighted by atomic mass is 16.3. The van der Waals surface area contributed by atoms with Crippen molar-refractivity contribution >= 4 is 65.3 Å². The van der Waals surface area contributed by atoms with Gasteiger partial charge in [-0.2, -0.15) is 0 Å². The molecule has 53 heavy (non-hydrogen) atoms. The zero-order valence-electron chi connectivity index (χ0n) is 29.4. The standard InChI is InChI=1S/C51H33NO/c1-51(2)42-16-8-6-13-36(42)41-29-33(23-28-43(41)51)52-44-17-10-15-37(48(44)50-49(52)40-14-7-9-18-45(40)53-50)35-25-20-32-21-26-38-34(30-11-4-3-5-12-30)24-19-31-22-27-39(35)47(32)46(31)38/h3-29H,1-2H3. The largest absolute Gasteiger partial charge is 0.454 e. The van der Waals surface area contributed by atoms with Gasteiger partial charge in [0.25, 0.3) is 0 Å². The first-order valence-corrected chi connectivity index (χ1v) is 18.5. The van der Waals surface area contributed by atoms with E-state index in [-0.39, 0.29) is 5.41 Å². The lowest BCUT2D eigenvalue weighted by Gasteiger charge is -2.21. The van der Waals surface area contributed by atoms with Gasteiger partial charge in [0, 0.05) is 16.5 Å². The summed E-state index contributed by atoms with van der Waals surface area (Å²) in [6.45, 7) is 4.69. The lowest BCUT2D eigenvalue weighted by molar-refractivity contribution is 0.660. The van der Waals surface area contributed by atoms with E-state index in [1.807, 2.05) is 0 Å². The molecule has 2 aromatic heterocycles. The van der Waals surface area contributed by atoms with E-state index in [1.54, 1.807) is 0 Å². The molecule has 1 aliphatic carbocycles. The molecule has 0 radical (unpaired) electrons. The Morgan fingerprint density at radius 2 is 1.11 bits per heavy atom. The molecule has 0 atom stereocenters. The minimum absolute atomic E-state index is 0.0507. The van der Waals surface area contributed by atoms with E-state index in [0.29, 0.717) is 0 Å². The summed E-state index contributed by atoms with van der Waals surface area (Å²) in [5, 5.41) is 9.96. The Hall–Kier alpha value is -6.64. The number of para-hydroxylation sites is 1. The van der Waals surface area contributed by atoms with Crippen molar-refractivity contribution in [3.05, 3.63) is 175 Å². The van der Waals surface area contributed by atoms with E-state index in [0.717, 1.165) is 38.7 Å². The topological polar surface area (TPSA) is 18.1 Å². The van der Waals surface area contributed by atoms with E-state index in [1.165, 1.54) is 76.8 Å². The molecule has 2 heterocycles. The molecular weight excluding hydrogens is 643 g/mol. The van der Waals surface area contributed by atoms with Gasteiger partial charge in [-0.25, -0.2) is 0 Å². The first-order chi connectivity index (χ1) is 26.1. The van der Waals surface area contributed by atoms with Crippen LogP contribution in [0.25, 0.3) is 104 Å². The maximum Gasteiger partial charge on any atom is 0.162 e. The molecule has 0 N–H and O–H groups in total. The van der Waals surface area contributed by atoms with Crippen LogP contribution in [0.3, 0.4) is 0 Å². The molecule has 0 amide bonds. The average Bonchev–Trinajstić information content (AvgIpc) is 3.81. The quantitative estimate of drug-likeness (QED) is 0.171. The summed E-state index contributed by atoms with van der Waals surface area (Å²) < 4.78 is 9.32. The molecule has 248 valence electrons. The van der Waals surface area contributed by atoms with Gasteiger partial charge in [0.15, 0.2) is 5.58 Å². The van der Waals surface area contributed by atoms with Crippen LogP contribution in [0.4, 0.5) is 0 Å². The van der Waals surface area contributed by atoms with Crippen LogP contribution < -0.4 is 0 Å². The summed E-state index contributed by atoms with van der Waals surface area (Å²) in [7, 11) is 0. The first kappa shape index (κ1) is 29.0. The van der Waals surface area contributed by atoms with Crippen molar-refractivity contribution in [2.75, 3.05) is 0 Å². The van der Waals surface area contributed by atoms with Crippen LogP contribution in [0.5, 0.6) is 0 Å². The Kier molecular flexibility index (Phi) is 5.60. The predicted molar refractivity (Wildman–Crippen MR) is 223 cm³/mol. The first-order valence-electron chi connectivity index (χ1n) is 18.5. The fourth-order valence-electron chi connectivity index (χ4n) is 9.75. The average molecular weight is 676 g/mol. The summed E-state index contributed by atoms with van der Waals surface area (Å²) >= 11 is 0. The molecule has 9 aromatic carbocycles. The Morgan fingerprint density at radius 1 is 0.453 bits per heavy atom. The minimum Gasteiger partial charge on any atom is -0.454 e. The van der Waals surface area contributed by atoms with Crippen molar-refractivity contribution in [2.45, 2.75) is 19.3 Å². The van der Waals surface area contributed by atoms with Gasteiger partial charge in [0.2, 0.25) is 0 Å². The third-order valence-corrected chi connectivity index (χ3v) is 12.2. The number of hydrogen-bond acceptors (Lipinski definition) is 1. The highest BCUT2D eigenvalue weighted by Crippen LogP contribution is 2.51. The van der Waals surface area contributed by atoms with Gasteiger partial charge < -0.3 is 8.98 Å². The number of rotatable bonds is 3. The number of aromatic nitrogens is 1. The SMILES string of the molecule is CC1(C)c2ccccc2-c2cc(-n3c4cccc(-c5ccc6ccc7c(-c8ccccc8)ccc8ccc5c6c87)c4c4oc5ccccc5c43)ccc21. The van der Waals surface area contributed by atoms with Gasteiger partial charge >= 0.3 is 0 Å². The van der Waals surface area contributed by atoms with E-state index < -0.39 is 0 Å². The summed E-state index contributed by atoms with van der Waals surface area (Å²) in [6.07, 6.45) is 0. The second-order valence-corrected chi connectivity index (χ2v) is 15.2. The van der Waals surface area contributed by atoms with Crippen molar-refractivity contribution in [3.8, 4) is 39.1 Å². The van der Waals surface area contributed by atoms with Gasteiger partial charge in [-0.15, -0.1) is 0 Å². The van der Waals surface area contributed by atoms with Crippen molar-refractivity contribution in [1.82, 2.24) is 4.57 Å². The van der Waals surface area contributed by atoms with Crippen LogP contribution in [0, 0.1) is 0 Å².